The lowest BCUT2D eigenvalue weighted by molar-refractivity contribution is 0.0600. The molecule has 0 bridgehead atoms. The van der Waals surface area contributed by atoms with E-state index in [1.54, 1.807) is 36.4 Å². The maximum Gasteiger partial charge on any atom is 0.338 e. The van der Waals surface area contributed by atoms with E-state index in [2.05, 4.69) is 38.8 Å². The van der Waals surface area contributed by atoms with Crippen LogP contribution in [0.3, 0.4) is 0 Å². The lowest BCUT2D eigenvalue weighted by Gasteiger charge is -2.39. The Morgan fingerprint density at radius 3 is 2.48 bits per heavy atom. The van der Waals surface area contributed by atoms with Gasteiger partial charge in [0, 0.05) is 29.9 Å². The number of hydrogen-bond acceptors (Lipinski definition) is 6. The summed E-state index contributed by atoms with van der Waals surface area (Å²) >= 11 is 0. The number of rotatable bonds is 6. The summed E-state index contributed by atoms with van der Waals surface area (Å²) in [6.45, 7) is 13.2. The van der Waals surface area contributed by atoms with Crippen LogP contribution in [0.15, 0.2) is 30.5 Å². The molecule has 0 saturated heterocycles. The topological polar surface area (TPSA) is 78.0 Å². The number of nitrogens with zero attached hydrogens (tertiary/aromatic N) is 2. The van der Waals surface area contributed by atoms with Gasteiger partial charge in [0.25, 0.3) is 5.91 Å². The number of aromatic nitrogens is 1. The maximum absolute atomic E-state index is 13.6. The highest BCUT2D eigenvalue weighted by atomic mass is 28.4. The highest BCUT2D eigenvalue weighted by Gasteiger charge is 2.41. The van der Waals surface area contributed by atoms with Crippen molar-refractivity contribution in [2.24, 2.45) is 0 Å². The highest BCUT2D eigenvalue weighted by Crippen LogP contribution is 2.41. The minimum Gasteiger partial charge on any atom is -0.543 e. The number of amides is 1. The zero-order valence-corrected chi connectivity index (χ0v) is 21.8. The van der Waals surface area contributed by atoms with Gasteiger partial charge >= 0.3 is 5.97 Å². The average Bonchev–Trinajstić information content (AvgIpc) is 2.77. The molecule has 0 radical (unpaired) electrons. The molecule has 1 atom stereocenters. The lowest BCUT2D eigenvalue weighted by Crippen LogP contribution is -2.45. The number of benzene rings is 1. The molecule has 0 spiro atoms. The Morgan fingerprint density at radius 1 is 1.18 bits per heavy atom. The quantitative estimate of drug-likeness (QED) is 0.436. The Bertz CT molecular complexity index is 1060. The molecule has 1 aliphatic rings. The standard InChI is InChI=1S/C25H34N2O5Si/c1-16(21-15-18(30-5)9-11-26-21)27-12-10-19-20(23(27)28)13-17(24(29)31-6)14-22(19)32-33(7,8)25(2,3)4/h9,11,13-16H,10,12H2,1-8H3/t16-/m0/s1. The van der Waals surface area contributed by atoms with Gasteiger partial charge in [0.15, 0.2) is 0 Å². The second kappa shape index (κ2) is 9.17. The van der Waals surface area contributed by atoms with Gasteiger partial charge in [-0.1, -0.05) is 20.8 Å². The SMILES string of the molecule is COC(=O)c1cc(O[Si](C)(C)C(C)(C)C)c2c(c1)C(=O)N([C@@H](C)c1cc(OC)ccn1)CC2. The number of esters is 1. The molecule has 2 aromatic rings. The van der Waals surface area contributed by atoms with Crippen LogP contribution < -0.4 is 9.16 Å². The number of ether oxygens (including phenoxy) is 2. The smallest absolute Gasteiger partial charge is 0.338 e. The van der Waals surface area contributed by atoms with Crippen molar-refractivity contribution >= 4 is 20.2 Å². The third-order valence-electron chi connectivity index (χ3n) is 6.78. The van der Waals surface area contributed by atoms with E-state index in [4.69, 9.17) is 13.9 Å². The van der Waals surface area contributed by atoms with E-state index in [1.165, 1.54) is 7.11 Å². The second-order valence-electron chi connectivity index (χ2n) is 9.90. The van der Waals surface area contributed by atoms with Crippen molar-refractivity contribution in [3.63, 3.8) is 0 Å². The Kier molecular flexibility index (Phi) is 6.88. The fraction of sp³-hybridized carbons (Fsp3) is 0.480. The molecular formula is C25H34N2O5Si. The molecule has 0 fully saturated rings. The summed E-state index contributed by atoms with van der Waals surface area (Å²) in [7, 11) is 0.738. The molecule has 1 aromatic carbocycles. The Labute approximate surface area is 197 Å². The molecule has 1 aromatic heterocycles. The van der Waals surface area contributed by atoms with Crippen LogP contribution in [0.1, 0.15) is 65.7 Å². The van der Waals surface area contributed by atoms with Crippen LogP contribution in [0, 0.1) is 0 Å². The molecule has 0 aliphatic carbocycles. The summed E-state index contributed by atoms with van der Waals surface area (Å²) in [6, 6.07) is 6.70. The minimum atomic E-state index is -2.20. The highest BCUT2D eigenvalue weighted by molar-refractivity contribution is 6.74. The van der Waals surface area contributed by atoms with Crippen molar-refractivity contribution in [2.45, 2.75) is 58.3 Å². The van der Waals surface area contributed by atoms with Crippen LogP contribution in [0.5, 0.6) is 11.5 Å². The van der Waals surface area contributed by atoms with Crippen molar-refractivity contribution in [1.82, 2.24) is 9.88 Å². The zero-order valence-electron chi connectivity index (χ0n) is 20.8. The molecule has 1 amide bonds. The van der Waals surface area contributed by atoms with Crippen LogP contribution in [-0.4, -0.2) is 50.8 Å². The third kappa shape index (κ3) is 4.90. The third-order valence-corrected chi connectivity index (χ3v) is 11.1. The predicted octanol–water partition coefficient (Wildman–Crippen LogP) is 5.02. The largest absolute Gasteiger partial charge is 0.543 e. The molecule has 3 rings (SSSR count). The number of carbonyl (C=O) groups is 2. The lowest BCUT2D eigenvalue weighted by atomic mass is 9.94. The van der Waals surface area contributed by atoms with Gasteiger partial charge in [0.2, 0.25) is 8.32 Å². The molecule has 8 heteroatoms. The van der Waals surface area contributed by atoms with Crippen molar-refractivity contribution in [2.75, 3.05) is 20.8 Å². The first-order valence-electron chi connectivity index (χ1n) is 11.1. The monoisotopic (exact) mass is 470 g/mol. The second-order valence-corrected chi connectivity index (χ2v) is 14.6. The first-order chi connectivity index (χ1) is 15.4. The van der Waals surface area contributed by atoms with Gasteiger partial charge in [-0.15, -0.1) is 0 Å². The van der Waals surface area contributed by atoms with Crippen LogP contribution in [0.4, 0.5) is 0 Å². The van der Waals surface area contributed by atoms with Crippen molar-refractivity contribution in [3.8, 4) is 11.5 Å². The maximum atomic E-state index is 13.6. The Balaban J connectivity index is 2.04. The molecule has 7 nitrogen and oxygen atoms in total. The minimum absolute atomic E-state index is 0.0294. The van der Waals surface area contributed by atoms with Gasteiger partial charge in [0.05, 0.1) is 31.5 Å². The number of hydrogen-bond donors (Lipinski definition) is 0. The van der Waals surface area contributed by atoms with Crippen LogP contribution >= 0.6 is 0 Å². The van der Waals surface area contributed by atoms with E-state index in [0.29, 0.717) is 35.6 Å². The fourth-order valence-corrected chi connectivity index (χ4v) is 4.69. The summed E-state index contributed by atoms with van der Waals surface area (Å²) < 4.78 is 16.9. The number of carbonyl (C=O) groups excluding carboxylic acids is 2. The molecule has 0 N–H and O–H groups in total. The van der Waals surface area contributed by atoms with Gasteiger partial charge < -0.3 is 18.8 Å². The van der Waals surface area contributed by atoms with Crippen molar-refractivity contribution in [3.05, 3.63) is 52.8 Å². The first kappa shape index (κ1) is 24.8. The fourth-order valence-electron chi connectivity index (χ4n) is 3.65. The number of pyridine rings is 1. The van der Waals surface area contributed by atoms with E-state index >= 15 is 0 Å². The summed E-state index contributed by atoms with van der Waals surface area (Å²) in [6.07, 6.45) is 2.30. The summed E-state index contributed by atoms with van der Waals surface area (Å²) in [5.41, 5.74) is 2.38. The van der Waals surface area contributed by atoms with E-state index in [-0.39, 0.29) is 17.0 Å². The van der Waals surface area contributed by atoms with E-state index in [1.807, 2.05) is 13.0 Å². The molecule has 33 heavy (non-hydrogen) atoms. The summed E-state index contributed by atoms with van der Waals surface area (Å²) in [5, 5.41) is -0.0294. The molecule has 178 valence electrons. The Morgan fingerprint density at radius 2 is 1.88 bits per heavy atom. The molecule has 0 unspecified atom stereocenters. The normalized spacial score (nSPS) is 15.0. The van der Waals surface area contributed by atoms with E-state index in [0.717, 1.165) is 11.3 Å². The van der Waals surface area contributed by atoms with E-state index < -0.39 is 14.3 Å². The van der Waals surface area contributed by atoms with Crippen LogP contribution in [0.25, 0.3) is 0 Å². The number of methoxy groups -OCH3 is 2. The summed E-state index contributed by atoms with van der Waals surface area (Å²) in [5.74, 6) is 0.652. The van der Waals surface area contributed by atoms with E-state index in [9.17, 15) is 9.59 Å². The van der Waals surface area contributed by atoms with Crippen molar-refractivity contribution in [1.29, 1.82) is 0 Å². The Hall–Kier alpha value is -2.87. The predicted molar refractivity (Wildman–Crippen MR) is 130 cm³/mol. The molecule has 1 aliphatic heterocycles. The molecule has 0 saturated carbocycles. The van der Waals surface area contributed by atoms with Gasteiger partial charge in [-0.25, -0.2) is 4.79 Å². The van der Waals surface area contributed by atoms with Gasteiger partial charge in [-0.05, 0) is 49.7 Å². The molecular weight excluding hydrogens is 436 g/mol. The van der Waals surface area contributed by atoms with Gasteiger partial charge in [0.1, 0.15) is 11.5 Å². The first-order valence-corrected chi connectivity index (χ1v) is 14.1. The van der Waals surface area contributed by atoms with Gasteiger partial charge in [-0.3, -0.25) is 9.78 Å². The van der Waals surface area contributed by atoms with Crippen LogP contribution in [-0.2, 0) is 11.2 Å². The van der Waals surface area contributed by atoms with Gasteiger partial charge in [-0.2, -0.15) is 0 Å². The number of fused-ring (bicyclic) bond motifs is 1. The van der Waals surface area contributed by atoms with Crippen LogP contribution in [0.2, 0.25) is 18.1 Å². The molecule has 2 heterocycles. The summed E-state index contributed by atoms with van der Waals surface area (Å²) in [4.78, 5) is 32.3. The average molecular weight is 471 g/mol. The zero-order chi connectivity index (χ0) is 24.6. The van der Waals surface area contributed by atoms with Crippen molar-refractivity contribution < 1.29 is 23.5 Å².